The van der Waals surface area contributed by atoms with E-state index in [9.17, 15) is 4.79 Å². The Hall–Kier alpha value is -2.99. The maximum Gasteiger partial charge on any atom is 0.255 e. The zero-order valence-electron chi connectivity index (χ0n) is 14.5. The first-order chi connectivity index (χ1) is 13.1. The molecule has 27 heavy (non-hydrogen) atoms. The third-order valence-electron chi connectivity index (χ3n) is 4.48. The van der Waals surface area contributed by atoms with Crippen LogP contribution in [0.3, 0.4) is 0 Å². The Kier molecular flexibility index (Phi) is 4.73. The van der Waals surface area contributed by atoms with Crippen LogP contribution in [-0.4, -0.2) is 28.7 Å². The zero-order valence-corrected chi connectivity index (χ0v) is 15.2. The molecule has 7 heteroatoms. The number of hydrogen-bond donors (Lipinski definition) is 1. The minimum absolute atomic E-state index is 0.141. The maximum atomic E-state index is 10.9. The summed E-state index contributed by atoms with van der Waals surface area (Å²) in [5, 5.41) is 0.397. The molecular formula is C20H18ClN3O3. The van der Waals surface area contributed by atoms with Gasteiger partial charge in [-0.05, 0) is 29.8 Å². The largest absolute Gasteiger partial charge is 0.491 e. The van der Waals surface area contributed by atoms with Gasteiger partial charge in [-0.15, -0.1) is 0 Å². The minimum Gasteiger partial charge on any atom is -0.491 e. The molecule has 0 saturated heterocycles. The van der Waals surface area contributed by atoms with Gasteiger partial charge in [-0.1, -0.05) is 29.8 Å². The number of imidazole rings is 1. The molecule has 0 aliphatic carbocycles. The van der Waals surface area contributed by atoms with Crippen molar-refractivity contribution in [3.63, 3.8) is 0 Å². The van der Waals surface area contributed by atoms with E-state index in [-0.39, 0.29) is 12.6 Å². The van der Waals surface area contributed by atoms with Gasteiger partial charge in [-0.25, -0.2) is 4.98 Å². The lowest BCUT2D eigenvalue weighted by atomic mass is 10.0. The highest BCUT2D eigenvalue weighted by Gasteiger charge is 2.23. The smallest absolute Gasteiger partial charge is 0.255 e. The second-order valence-corrected chi connectivity index (χ2v) is 6.74. The highest BCUT2D eigenvalue weighted by Crippen LogP contribution is 2.34. The predicted molar refractivity (Wildman–Crippen MR) is 102 cm³/mol. The number of nitrogens with two attached hydrogens (primary N) is 1. The van der Waals surface area contributed by atoms with Crippen molar-refractivity contribution >= 4 is 17.5 Å². The molecule has 1 aromatic heterocycles. The van der Waals surface area contributed by atoms with Gasteiger partial charge in [0.2, 0.25) is 0 Å². The second kappa shape index (κ2) is 7.32. The van der Waals surface area contributed by atoms with Crippen molar-refractivity contribution in [2.24, 2.45) is 5.73 Å². The fourth-order valence-corrected chi connectivity index (χ4v) is 3.46. The number of para-hydroxylation sites is 1. The molecule has 1 atom stereocenters. The zero-order chi connectivity index (χ0) is 18.8. The van der Waals surface area contributed by atoms with Gasteiger partial charge in [-0.3, -0.25) is 4.79 Å². The van der Waals surface area contributed by atoms with E-state index in [4.69, 9.17) is 26.8 Å². The number of rotatable bonds is 5. The average Bonchev–Trinajstić information content (AvgIpc) is 3.16. The Labute approximate surface area is 161 Å². The summed E-state index contributed by atoms with van der Waals surface area (Å²) in [4.78, 5) is 15.4. The maximum absolute atomic E-state index is 10.9. The van der Waals surface area contributed by atoms with Gasteiger partial charge in [0.25, 0.3) is 5.91 Å². The summed E-state index contributed by atoms with van der Waals surface area (Å²) < 4.78 is 13.3. The molecule has 2 heterocycles. The third-order valence-corrected chi connectivity index (χ3v) is 4.78. The number of fused-ring (bicyclic) bond motifs is 1. The fraction of sp³-hybridized carbons (Fsp3) is 0.200. The van der Waals surface area contributed by atoms with Gasteiger partial charge in [0, 0.05) is 24.4 Å². The van der Waals surface area contributed by atoms with Gasteiger partial charge in [0.1, 0.15) is 23.9 Å². The van der Waals surface area contributed by atoms with Crippen LogP contribution < -0.4 is 15.2 Å². The van der Waals surface area contributed by atoms with E-state index < -0.39 is 5.91 Å². The van der Waals surface area contributed by atoms with E-state index in [1.807, 2.05) is 30.5 Å². The van der Waals surface area contributed by atoms with Crippen molar-refractivity contribution in [3.05, 3.63) is 65.4 Å². The van der Waals surface area contributed by atoms with Gasteiger partial charge in [-0.2, -0.15) is 0 Å². The van der Waals surface area contributed by atoms with Crippen LogP contribution in [0, 0.1) is 0 Å². The molecule has 0 spiro atoms. The Morgan fingerprint density at radius 3 is 3.00 bits per heavy atom. The Morgan fingerprint density at radius 2 is 2.19 bits per heavy atom. The standard InChI is InChI=1S/C20H18ClN3O3/c21-16-10-14(5-6-18(16)27-12-19(22)25)20-23-7-8-24(20)15-9-13-3-1-2-4-17(13)26-11-15/h1-8,10,15H,9,11-12H2,(H2,22,25)/t15-/m1/s1. The van der Waals surface area contributed by atoms with Gasteiger partial charge in [0.05, 0.1) is 11.1 Å². The Balaban J connectivity index is 1.59. The quantitative estimate of drug-likeness (QED) is 0.733. The molecule has 1 aliphatic rings. The number of primary amides is 1. The lowest BCUT2D eigenvalue weighted by Crippen LogP contribution is -2.24. The molecule has 0 bridgehead atoms. The number of halogens is 1. The highest BCUT2D eigenvalue weighted by atomic mass is 35.5. The Morgan fingerprint density at radius 1 is 1.33 bits per heavy atom. The fourth-order valence-electron chi connectivity index (χ4n) is 3.23. The molecule has 0 fully saturated rings. The predicted octanol–water partition coefficient (Wildman–Crippen LogP) is 3.24. The summed E-state index contributed by atoms with van der Waals surface area (Å²) in [7, 11) is 0. The van der Waals surface area contributed by atoms with E-state index in [0.29, 0.717) is 17.4 Å². The van der Waals surface area contributed by atoms with E-state index in [2.05, 4.69) is 15.6 Å². The third kappa shape index (κ3) is 3.61. The molecule has 1 amide bonds. The molecule has 4 rings (SSSR count). The number of carbonyl (C=O) groups is 1. The first kappa shape index (κ1) is 17.4. The molecule has 0 unspecified atom stereocenters. The SMILES string of the molecule is NC(=O)COc1ccc(-c2nccn2[C@H]2COc3ccccc3C2)cc1Cl. The lowest BCUT2D eigenvalue weighted by molar-refractivity contribution is -0.119. The molecule has 0 radical (unpaired) electrons. The van der Waals surface area contributed by atoms with Crippen LogP contribution in [0.1, 0.15) is 11.6 Å². The van der Waals surface area contributed by atoms with Crippen molar-refractivity contribution in [2.75, 3.05) is 13.2 Å². The van der Waals surface area contributed by atoms with Crippen molar-refractivity contribution in [1.29, 1.82) is 0 Å². The van der Waals surface area contributed by atoms with Crippen molar-refractivity contribution in [1.82, 2.24) is 9.55 Å². The topological polar surface area (TPSA) is 79.4 Å². The lowest BCUT2D eigenvalue weighted by Gasteiger charge is -2.27. The molecule has 3 aromatic rings. The van der Waals surface area contributed by atoms with E-state index in [1.165, 1.54) is 5.56 Å². The van der Waals surface area contributed by atoms with Crippen molar-refractivity contribution in [3.8, 4) is 22.9 Å². The van der Waals surface area contributed by atoms with Crippen LogP contribution >= 0.6 is 11.6 Å². The Bertz CT molecular complexity index is 986. The van der Waals surface area contributed by atoms with E-state index in [1.54, 1.807) is 18.3 Å². The first-order valence-corrected chi connectivity index (χ1v) is 8.94. The van der Waals surface area contributed by atoms with Crippen LogP contribution in [0.4, 0.5) is 0 Å². The number of hydrogen-bond acceptors (Lipinski definition) is 4. The average molecular weight is 384 g/mol. The number of benzene rings is 2. The molecule has 2 N–H and O–H groups in total. The van der Waals surface area contributed by atoms with Crippen LogP contribution in [0.15, 0.2) is 54.9 Å². The van der Waals surface area contributed by atoms with E-state index >= 15 is 0 Å². The van der Waals surface area contributed by atoms with Gasteiger partial charge < -0.3 is 19.8 Å². The number of aromatic nitrogens is 2. The molecule has 2 aromatic carbocycles. The summed E-state index contributed by atoms with van der Waals surface area (Å²) in [6.07, 6.45) is 4.58. The number of ether oxygens (including phenoxy) is 2. The molecule has 0 saturated carbocycles. The number of amides is 1. The van der Waals surface area contributed by atoms with Crippen LogP contribution in [0.25, 0.3) is 11.4 Å². The van der Waals surface area contributed by atoms with Gasteiger partial charge in [0.15, 0.2) is 6.61 Å². The molecule has 138 valence electrons. The second-order valence-electron chi connectivity index (χ2n) is 6.33. The van der Waals surface area contributed by atoms with Crippen LogP contribution in [0.5, 0.6) is 11.5 Å². The minimum atomic E-state index is -0.553. The summed E-state index contributed by atoms with van der Waals surface area (Å²) in [5.74, 6) is 1.59. The normalized spacial score (nSPS) is 15.7. The van der Waals surface area contributed by atoms with Crippen LogP contribution in [-0.2, 0) is 11.2 Å². The summed E-state index contributed by atoms with van der Waals surface area (Å²) in [5.41, 5.74) is 7.14. The van der Waals surface area contributed by atoms with Crippen LogP contribution in [0.2, 0.25) is 5.02 Å². The van der Waals surface area contributed by atoms with Gasteiger partial charge >= 0.3 is 0 Å². The molecule has 1 aliphatic heterocycles. The summed E-state index contributed by atoms with van der Waals surface area (Å²) in [6.45, 7) is 0.362. The number of nitrogens with zero attached hydrogens (tertiary/aromatic N) is 2. The van der Waals surface area contributed by atoms with E-state index in [0.717, 1.165) is 23.6 Å². The number of carbonyl (C=O) groups excluding carboxylic acids is 1. The highest BCUT2D eigenvalue weighted by molar-refractivity contribution is 6.32. The van der Waals surface area contributed by atoms with Crippen molar-refractivity contribution in [2.45, 2.75) is 12.5 Å². The summed E-state index contributed by atoms with van der Waals surface area (Å²) in [6, 6.07) is 13.6. The molecule has 6 nitrogen and oxygen atoms in total. The summed E-state index contributed by atoms with van der Waals surface area (Å²) >= 11 is 6.30. The monoisotopic (exact) mass is 383 g/mol. The molecular weight excluding hydrogens is 366 g/mol. The first-order valence-electron chi connectivity index (χ1n) is 8.56. The van der Waals surface area contributed by atoms with Crippen molar-refractivity contribution < 1.29 is 14.3 Å².